The molecule has 0 aliphatic heterocycles. The predicted molar refractivity (Wildman–Crippen MR) is 106 cm³/mol. The number of fused-ring (bicyclic) bond motifs is 1. The van der Waals surface area contributed by atoms with Crippen molar-refractivity contribution < 1.29 is 4.79 Å². The second-order valence-corrected chi connectivity index (χ2v) is 7.05. The first-order chi connectivity index (χ1) is 12.1. The minimum atomic E-state index is -0.351. The fourth-order valence-corrected chi connectivity index (χ4v) is 3.86. The summed E-state index contributed by atoms with van der Waals surface area (Å²) in [5.74, 6) is -0.351. The highest BCUT2D eigenvalue weighted by Crippen LogP contribution is 2.22. The maximum absolute atomic E-state index is 12.2. The Morgan fingerprint density at radius 1 is 1.24 bits per heavy atom. The van der Waals surface area contributed by atoms with Crippen molar-refractivity contribution in [3.8, 4) is 0 Å². The molecule has 1 amide bonds. The molecule has 0 aliphatic carbocycles. The van der Waals surface area contributed by atoms with Crippen LogP contribution in [0, 0.1) is 0 Å². The van der Waals surface area contributed by atoms with Crippen molar-refractivity contribution in [3.05, 3.63) is 81.6 Å². The monoisotopic (exact) mass is 388 g/mol. The summed E-state index contributed by atoms with van der Waals surface area (Å²) < 4.78 is 2.90. The molecular formula is C19H14Cl2N2OS. The number of aromatic nitrogens is 1. The summed E-state index contributed by atoms with van der Waals surface area (Å²) in [6.07, 6.45) is 4.84. The molecule has 0 saturated carbocycles. The number of carbonyl (C=O) groups is 1. The van der Waals surface area contributed by atoms with E-state index in [1.54, 1.807) is 18.2 Å². The van der Waals surface area contributed by atoms with Crippen molar-refractivity contribution in [2.75, 3.05) is 0 Å². The van der Waals surface area contributed by atoms with Crippen LogP contribution in [0.1, 0.15) is 5.56 Å². The third kappa shape index (κ3) is 4.10. The molecule has 2 aromatic carbocycles. The maximum Gasteiger partial charge on any atom is 0.272 e. The standard InChI is InChI=1S/C19H14Cl2N2OS/c1-2-11-23-16-9-8-14(20)12-17(16)25-19(23)22-18(24)10-7-13-5-3-4-6-15(13)21/h2-10,12H,1,11H2/b10-7+,22-19?. The molecule has 6 heteroatoms. The molecule has 1 heterocycles. The van der Waals surface area contributed by atoms with Gasteiger partial charge in [-0.1, -0.05) is 58.8 Å². The zero-order valence-electron chi connectivity index (χ0n) is 13.2. The molecule has 0 unspecified atom stereocenters. The molecule has 3 nitrogen and oxygen atoms in total. The summed E-state index contributed by atoms with van der Waals surface area (Å²) in [6.45, 7) is 4.33. The van der Waals surface area contributed by atoms with E-state index in [0.29, 0.717) is 21.4 Å². The molecule has 3 aromatic rings. The third-order valence-electron chi connectivity index (χ3n) is 3.47. The zero-order valence-corrected chi connectivity index (χ0v) is 15.5. The lowest BCUT2D eigenvalue weighted by Gasteiger charge is -2.00. The van der Waals surface area contributed by atoms with Crippen LogP contribution in [0.3, 0.4) is 0 Å². The first-order valence-corrected chi connectivity index (χ1v) is 9.07. The maximum atomic E-state index is 12.2. The SMILES string of the molecule is C=CCn1c(=NC(=O)/C=C/c2ccccc2Cl)sc2cc(Cl)ccc21. The molecule has 25 heavy (non-hydrogen) atoms. The van der Waals surface area contributed by atoms with Crippen LogP contribution in [0.2, 0.25) is 10.0 Å². The summed E-state index contributed by atoms with van der Waals surface area (Å²) >= 11 is 13.5. The summed E-state index contributed by atoms with van der Waals surface area (Å²) in [5, 5.41) is 1.24. The van der Waals surface area contributed by atoms with Gasteiger partial charge in [0, 0.05) is 22.7 Å². The van der Waals surface area contributed by atoms with E-state index >= 15 is 0 Å². The van der Waals surface area contributed by atoms with Crippen molar-refractivity contribution in [1.82, 2.24) is 4.57 Å². The van der Waals surface area contributed by atoms with Gasteiger partial charge < -0.3 is 4.57 Å². The van der Waals surface area contributed by atoms with E-state index in [1.165, 1.54) is 17.4 Å². The average molecular weight is 389 g/mol. The Morgan fingerprint density at radius 2 is 2.04 bits per heavy atom. The van der Waals surface area contributed by atoms with Crippen LogP contribution in [-0.2, 0) is 11.3 Å². The van der Waals surface area contributed by atoms with Gasteiger partial charge >= 0.3 is 0 Å². The Hall–Kier alpha value is -2.14. The van der Waals surface area contributed by atoms with E-state index in [9.17, 15) is 4.79 Å². The number of amides is 1. The zero-order chi connectivity index (χ0) is 17.8. The van der Waals surface area contributed by atoms with Gasteiger partial charge in [0.1, 0.15) is 0 Å². The van der Waals surface area contributed by atoms with Gasteiger partial charge in [0.2, 0.25) is 0 Å². The van der Waals surface area contributed by atoms with E-state index in [0.717, 1.165) is 15.8 Å². The Balaban J connectivity index is 1.99. The largest absolute Gasteiger partial charge is 0.312 e. The molecule has 0 bridgehead atoms. The van der Waals surface area contributed by atoms with Crippen LogP contribution in [0.5, 0.6) is 0 Å². The van der Waals surface area contributed by atoms with Gasteiger partial charge in [0.15, 0.2) is 4.80 Å². The molecule has 0 atom stereocenters. The Bertz CT molecular complexity index is 1050. The van der Waals surface area contributed by atoms with Crippen LogP contribution < -0.4 is 4.80 Å². The summed E-state index contributed by atoms with van der Waals surface area (Å²) in [7, 11) is 0. The fraction of sp³-hybridized carbons (Fsp3) is 0.0526. The molecule has 0 radical (unpaired) electrons. The van der Waals surface area contributed by atoms with Crippen LogP contribution in [-0.4, -0.2) is 10.5 Å². The lowest BCUT2D eigenvalue weighted by atomic mass is 10.2. The summed E-state index contributed by atoms with van der Waals surface area (Å²) in [5.41, 5.74) is 1.74. The smallest absolute Gasteiger partial charge is 0.272 e. The second-order valence-electron chi connectivity index (χ2n) is 5.20. The minimum absolute atomic E-state index is 0.351. The van der Waals surface area contributed by atoms with Crippen LogP contribution >= 0.6 is 34.5 Å². The van der Waals surface area contributed by atoms with E-state index in [1.807, 2.05) is 41.0 Å². The third-order valence-corrected chi connectivity index (χ3v) is 5.09. The van der Waals surface area contributed by atoms with E-state index in [4.69, 9.17) is 23.2 Å². The predicted octanol–water partition coefficient (Wildman–Crippen LogP) is 5.34. The fourth-order valence-electron chi connectivity index (χ4n) is 2.34. The second kappa shape index (κ2) is 7.83. The number of hydrogen-bond donors (Lipinski definition) is 0. The quantitative estimate of drug-likeness (QED) is 0.438. The highest BCUT2D eigenvalue weighted by Gasteiger charge is 2.07. The van der Waals surface area contributed by atoms with E-state index in [-0.39, 0.29) is 5.91 Å². The lowest BCUT2D eigenvalue weighted by Crippen LogP contribution is -2.15. The van der Waals surface area contributed by atoms with Gasteiger partial charge in [-0.05, 0) is 35.9 Å². The number of benzene rings is 2. The molecule has 126 valence electrons. The molecule has 3 rings (SSSR count). The summed E-state index contributed by atoms with van der Waals surface area (Å²) in [4.78, 5) is 17.1. The van der Waals surface area contributed by atoms with Crippen LogP contribution in [0.4, 0.5) is 0 Å². The van der Waals surface area contributed by atoms with Crippen molar-refractivity contribution in [2.45, 2.75) is 6.54 Å². The Kier molecular flexibility index (Phi) is 5.53. The van der Waals surface area contributed by atoms with Gasteiger partial charge in [0.05, 0.1) is 10.2 Å². The van der Waals surface area contributed by atoms with Crippen LogP contribution in [0.15, 0.2) is 66.2 Å². The normalized spacial score (nSPS) is 12.2. The molecule has 0 fully saturated rings. The van der Waals surface area contributed by atoms with Gasteiger partial charge in [-0.3, -0.25) is 4.79 Å². The van der Waals surface area contributed by atoms with Crippen molar-refractivity contribution in [2.24, 2.45) is 4.99 Å². The van der Waals surface area contributed by atoms with Crippen molar-refractivity contribution >= 4 is 56.7 Å². The molecule has 0 spiro atoms. The first kappa shape index (κ1) is 17.7. The molecule has 1 aromatic heterocycles. The van der Waals surface area contributed by atoms with E-state index < -0.39 is 0 Å². The van der Waals surface area contributed by atoms with Gasteiger partial charge in [-0.2, -0.15) is 4.99 Å². The highest BCUT2D eigenvalue weighted by atomic mass is 35.5. The Morgan fingerprint density at radius 3 is 2.80 bits per heavy atom. The number of hydrogen-bond acceptors (Lipinski definition) is 2. The van der Waals surface area contributed by atoms with Gasteiger partial charge in [-0.15, -0.1) is 6.58 Å². The Labute approximate surface area is 159 Å². The number of carbonyl (C=O) groups excluding carboxylic acids is 1. The molecule has 0 saturated heterocycles. The number of allylic oxidation sites excluding steroid dienone is 1. The molecule has 0 aliphatic rings. The van der Waals surface area contributed by atoms with Crippen molar-refractivity contribution in [3.63, 3.8) is 0 Å². The van der Waals surface area contributed by atoms with E-state index in [2.05, 4.69) is 11.6 Å². The van der Waals surface area contributed by atoms with Gasteiger partial charge in [-0.25, -0.2) is 0 Å². The number of rotatable bonds is 4. The van der Waals surface area contributed by atoms with Gasteiger partial charge in [0.25, 0.3) is 5.91 Å². The summed E-state index contributed by atoms with van der Waals surface area (Å²) in [6, 6.07) is 12.9. The number of halogens is 2. The van der Waals surface area contributed by atoms with Crippen LogP contribution in [0.25, 0.3) is 16.3 Å². The number of thiazole rings is 1. The minimum Gasteiger partial charge on any atom is -0.312 e. The topological polar surface area (TPSA) is 34.4 Å². The first-order valence-electron chi connectivity index (χ1n) is 7.49. The average Bonchev–Trinajstić information content (AvgIpc) is 2.91. The highest BCUT2D eigenvalue weighted by molar-refractivity contribution is 7.16. The number of nitrogens with zero attached hydrogens (tertiary/aromatic N) is 2. The molecular weight excluding hydrogens is 375 g/mol. The lowest BCUT2D eigenvalue weighted by molar-refractivity contribution is -0.113. The van der Waals surface area contributed by atoms with Crippen molar-refractivity contribution in [1.29, 1.82) is 0 Å². The molecule has 0 N–H and O–H groups in total.